The van der Waals surface area contributed by atoms with E-state index in [4.69, 9.17) is 11.6 Å². The van der Waals surface area contributed by atoms with Gasteiger partial charge in [0.25, 0.3) is 10.0 Å². The highest BCUT2D eigenvalue weighted by atomic mass is 35.5. The minimum absolute atomic E-state index is 0.147. The van der Waals surface area contributed by atoms with Crippen LogP contribution in [0.1, 0.15) is 18.5 Å². The van der Waals surface area contributed by atoms with Gasteiger partial charge in [-0.3, -0.25) is 14.7 Å². The van der Waals surface area contributed by atoms with Gasteiger partial charge in [-0.25, -0.2) is 17.8 Å². The van der Waals surface area contributed by atoms with E-state index < -0.39 is 10.0 Å². The molecular formula is C23H20ClFN4O3S3. The Hall–Kier alpha value is -2.44. The van der Waals surface area contributed by atoms with Crippen LogP contribution in [0.4, 0.5) is 9.52 Å². The first-order valence-electron chi connectivity index (χ1n) is 10.8. The number of rotatable bonds is 6. The van der Waals surface area contributed by atoms with Crippen molar-refractivity contribution in [2.24, 2.45) is 5.92 Å². The van der Waals surface area contributed by atoms with E-state index in [1.165, 1.54) is 33.8 Å². The number of pyridine rings is 1. The summed E-state index contributed by atoms with van der Waals surface area (Å²) in [4.78, 5) is 24.2. The van der Waals surface area contributed by atoms with Crippen LogP contribution < -0.4 is 4.90 Å². The summed E-state index contributed by atoms with van der Waals surface area (Å²) in [7, 11) is -3.65. The SMILES string of the molecule is O=C(C1CCN(S(=O)(=O)c2ccc(Cl)s2)CC1)N(Cc1ccccn1)c1nc2ccc(F)cc2s1. The number of amides is 1. The maximum atomic E-state index is 13.7. The number of thiophene rings is 1. The van der Waals surface area contributed by atoms with Crippen LogP contribution in [0.2, 0.25) is 4.34 Å². The van der Waals surface area contributed by atoms with E-state index in [-0.39, 0.29) is 41.5 Å². The van der Waals surface area contributed by atoms with Gasteiger partial charge in [-0.1, -0.05) is 29.0 Å². The number of halogens is 2. The maximum absolute atomic E-state index is 13.7. The zero-order valence-electron chi connectivity index (χ0n) is 18.3. The van der Waals surface area contributed by atoms with E-state index in [0.717, 1.165) is 11.3 Å². The lowest BCUT2D eigenvalue weighted by Crippen LogP contribution is -2.44. The Morgan fingerprint density at radius 3 is 2.63 bits per heavy atom. The molecule has 1 amide bonds. The van der Waals surface area contributed by atoms with Crippen molar-refractivity contribution in [3.63, 3.8) is 0 Å². The molecule has 7 nitrogen and oxygen atoms in total. The minimum atomic E-state index is -3.65. The first-order chi connectivity index (χ1) is 16.8. The second-order valence-corrected chi connectivity index (χ2v) is 13.0. The molecular weight excluding hydrogens is 531 g/mol. The average Bonchev–Trinajstić information content (AvgIpc) is 3.49. The van der Waals surface area contributed by atoms with Gasteiger partial charge in [-0.05, 0) is 55.3 Å². The first-order valence-corrected chi connectivity index (χ1v) is 14.3. The van der Waals surface area contributed by atoms with Crippen molar-refractivity contribution in [2.45, 2.75) is 23.6 Å². The summed E-state index contributed by atoms with van der Waals surface area (Å²) in [6.07, 6.45) is 2.43. The molecule has 0 N–H and O–H groups in total. The number of anilines is 1. The predicted molar refractivity (Wildman–Crippen MR) is 136 cm³/mol. The van der Waals surface area contributed by atoms with E-state index in [2.05, 4.69) is 9.97 Å². The molecule has 1 aromatic carbocycles. The van der Waals surface area contributed by atoms with Gasteiger partial charge in [0.05, 0.1) is 26.8 Å². The molecule has 35 heavy (non-hydrogen) atoms. The molecule has 0 aliphatic carbocycles. The zero-order valence-corrected chi connectivity index (χ0v) is 21.5. The van der Waals surface area contributed by atoms with E-state index in [1.54, 1.807) is 29.3 Å². The van der Waals surface area contributed by atoms with Crippen molar-refractivity contribution in [3.05, 3.63) is 70.6 Å². The third-order valence-corrected chi connectivity index (χ3v) is 10.5. The van der Waals surface area contributed by atoms with Gasteiger partial charge in [-0.2, -0.15) is 4.31 Å². The minimum Gasteiger partial charge on any atom is -0.282 e. The standard InChI is InChI=1S/C23H20ClFN4O3S3/c24-20-6-7-21(34-20)35(31,32)28-11-8-15(9-12-28)22(30)29(14-17-3-1-2-10-26-17)23-27-18-5-4-16(25)13-19(18)33-23/h1-7,10,13,15H,8-9,11-12,14H2. The fourth-order valence-electron chi connectivity index (χ4n) is 4.02. The molecule has 1 aliphatic heterocycles. The monoisotopic (exact) mass is 550 g/mol. The van der Waals surface area contributed by atoms with Crippen LogP contribution in [-0.4, -0.2) is 41.7 Å². The Morgan fingerprint density at radius 1 is 1.14 bits per heavy atom. The highest BCUT2D eigenvalue weighted by molar-refractivity contribution is 7.91. The summed E-state index contributed by atoms with van der Waals surface area (Å²) in [6.45, 7) is 0.682. The molecule has 4 aromatic rings. The van der Waals surface area contributed by atoms with Gasteiger partial charge in [0.2, 0.25) is 5.91 Å². The molecule has 12 heteroatoms. The molecule has 1 fully saturated rings. The van der Waals surface area contributed by atoms with Gasteiger partial charge in [-0.15, -0.1) is 11.3 Å². The largest absolute Gasteiger partial charge is 0.282 e. The molecule has 182 valence electrons. The maximum Gasteiger partial charge on any atom is 0.252 e. The summed E-state index contributed by atoms with van der Waals surface area (Å²) >= 11 is 8.19. The van der Waals surface area contributed by atoms with Gasteiger partial charge in [0, 0.05) is 25.2 Å². The number of aromatic nitrogens is 2. The van der Waals surface area contributed by atoms with Gasteiger partial charge < -0.3 is 0 Å². The van der Waals surface area contributed by atoms with E-state index in [9.17, 15) is 17.6 Å². The molecule has 3 aromatic heterocycles. The Kier molecular flexibility index (Phi) is 6.86. The summed E-state index contributed by atoms with van der Waals surface area (Å²) in [5, 5.41) is 0.463. The molecule has 0 bridgehead atoms. The van der Waals surface area contributed by atoms with Crippen molar-refractivity contribution < 1.29 is 17.6 Å². The predicted octanol–water partition coefficient (Wildman–Crippen LogP) is 5.18. The highest BCUT2D eigenvalue weighted by Gasteiger charge is 2.35. The molecule has 1 aliphatic rings. The summed E-state index contributed by atoms with van der Waals surface area (Å²) in [5.41, 5.74) is 1.31. The number of piperidine rings is 1. The van der Waals surface area contributed by atoms with Crippen LogP contribution in [-0.2, 0) is 21.4 Å². The molecule has 1 saturated heterocycles. The van der Waals surface area contributed by atoms with Crippen LogP contribution in [0, 0.1) is 11.7 Å². The van der Waals surface area contributed by atoms with Crippen LogP contribution in [0.25, 0.3) is 10.2 Å². The number of nitrogens with zero attached hydrogens (tertiary/aromatic N) is 4. The quantitative estimate of drug-likeness (QED) is 0.330. The van der Waals surface area contributed by atoms with Crippen molar-refractivity contribution in [1.82, 2.24) is 14.3 Å². The Bertz CT molecular complexity index is 1470. The lowest BCUT2D eigenvalue weighted by atomic mass is 9.96. The summed E-state index contributed by atoms with van der Waals surface area (Å²) < 4.78 is 42.3. The highest BCUT2D eigenvalue weighted by Crippen LogP contribution is 2.34. The van der Waals surface area contributed by atoms with Gasteiger partial charge in [0.1, 0.15) is 10.0 Å². The van der Waals surface area contributed by atoms with Crippen LogP contribution in [0.15, 0.2) is 58.9 Å². The second-order valence-electron chi connectivity index (χ2n) is 8.09. The average molecular weight is 551 g/mol. The Balaban J connectivity index is 1.37. The molecule has 0 saturated carbocycles. The lowest BCUT2D eigenvalue weighted by molar-refractivity contribution is -0.123. The van der Waals surface area contributed by atoms with Crippen LogP contribution in [0.5, 0.6) is 0 Å². The number of benzene rings is 1. The third kappa shape index (κ3) is 5.10. The normalized spacial score (nSPS) is 15.5. The number of hydrogen-bond acceptors (Lipinski definition) is 7. The summed E-state index contributed by atoms with van der Waals surface area (Å²) in [5.74, 6) is -0.886. The van der Waals surface area contributed by atoms with E-state index >= 15 is 0 Å². The van der Waals surface area contributed by atoms with Crippen LogP contribution in [0.3, 0.4) is 0 Å². The molecule has 0 atom stereocenters. The smallest absolute Gasteiger partial charge is 0.252 e. The van der Waals surface area contributed by atoms with Crippen molar-refractivity contribution in [3.8, 4) is 0 Å². The van der Waals surface area contributed by atoms with Crippen molar-refractivity contribution >= 4 is 65.6 Å². The number of fused-ring (bicyclic) bond motifs is 1. The Morgan fingerprint density at radius 2 is 1.94 bits per heavy atom. The molecule has 0 radical (unpaired) electrons. The van der Waals surface area contributed by atoms with E-state index in [1.807, 2.05) is 12.1 Å². The molecule has 0 spiro atoms. The Labute approximate surface area is 214 Å². The third-order valence-electron chi connectivity index (χ3n) is 5.83. The van der Waals surface area contributed by atoms with Gasteiger partial charge in [0.15, 0.2) is 5.13 Å². The number of carbonyl (C=O) groups excluding carboxylic acids is 1. The second kappa shape index (κ2) is 9.90. The van der Waals surface area contributed by atoms with Crippen molar-refractivity contribution in [1.29, 1.82) is 0 Å². The van der Waals surface area contributed by atoms with Gasteiger partial charge >= 0.3 is 0 Å². The number of hydrogen-bond donors (Lipinski definition) is 0. The molecule has 5 rings (SSSR count). The molecule has 0 unspecified atom stereocenters. The fourth-order valence-corrected chi connectivity index (χ4v) is 8.12. The van der Waals surface area contributed by atoms with Crippen LogP contribution >= 0.6 is 34.3 Å². The van der Waals surface area contributed by atoms with E-state index in [0.29, 0.717) is 38.2 Å². The number of carbonyl (C=O) groups is 1. The fraction of sp³-hybridized carbons (Fsp3) is 0.261. The van der Waals surface area contributed by atoms with Crippen molar-refractivity contribution in [2.75, 3.05) is 18.0 Å². The number of sulfonamides is 1. The first kappa shape index (κ1) is 24.3. The zero-order chi connectivity index (χ0) is 24.6. The lowest BCUT2D eigenvalue weighted by Gasteiger charge is -2.32. The molecule has 4 heterocycles. The topological polar surface area (TPSA) is 83.5 Å². The number of thiazole rings is 1. The summed E-state index contributed by atoms with van der Waals surface area (Å²) in [6, 6.07) is 12.9.